The molecule has 0 spiro atoms. The number of carboxylic acid groups (broad SMARTS) is 1. The van der Waals surface area contributed by atoms with Gasteiger partial charge in [-0.1, -0.05) is 74.1 Å². The molecule has 25 heavy (non-hydrogen) atoms. The van der Waals surface area contributed by atoms with Crippen LogP contribution >= 0.6 is 0 Å². The van der Waals surface area contributed by atoms with Crippen LogP contribution in [0.5, 0.6) is 0 Å². The summed E-state index contributed by atoms with van der Waals surface area (Å²) < 4.78 is 0. The molecular weight excluding hydrogens is 320 g/mol. The van der Waals surface area contributed by atoms with Gasteiger partial charge in [0.05, 0.1) is 0 Å². The first-order chi connectivity index (χ1) is 11.9. The van der Waals surface area contributed by atoms with Crippen LogP contribution in [0.4, 0.5) is 0 Å². The van der Waals surface area contributed by atoms with Crippen LogP contribution in [0.3, 0.4) is 0 Å². The Balaban J connectivity index is 3.84. The topological polar surface area (TPSA) is 98.0 Å². The molecular formula is C20H30O5. The molecule has 1 unspecified atom stereocenters. The predicted molar refractivity (Wildman–Crippen MR) is 99.9 cm³/mol. The minimum absolute atomic E-state index is 0.0570. The maximum atomic E-state index is 10.5. The summed E-state index contributed by atoms with van der Waals surface area (Å²) in [5, 5.41) is 36.2. The number of aliphatic hydroxyl groups excluding tert-OH is 1. The van der Waals surface area contributed by atoms with E-state index in [9.17, 15) is 9.90 Å². The van der Waals surface area contributed by atoms with Crippen LogP contribution in [0.25, 0.3) is 0 Å². The fourth-order valence-electron chi connectivity index (χ4n) is 1.78. The number of aliphatic carboxylic acids is 1. The van der Waals surface area contributed by atoms with Gasteiger partial charge >= 0.3 is 5.97 Å². The third-order valence-corrected chi connectivity index (χ3v) is 3.33. The average Bonchev–Trinajstić information content (AvgIpc) is 2.57. The molecule has 0 amide bonds. The number of unbranched alkanes of at least 4 members (excludes halogenated alkanes) is 2. The highest BCUT2D eigenvalue weighted by molar-refractivity contribution is 5.75. The molecule has 0 aliphatic rings. The Kier molecular flexibility index (Phi) is 13.3. The van der Waals surface area contributed by atoms with Gasteiger partial charge in [0.25, 0.3) is 5.79 Å². The summed E-state index contributed by atoms with van der Waals surface area (Å²) in [5.41, 5.74) is 0. The highest BCUT2D eigenvalue weighted by atomic mass is 16.6. The molecule has 140 valence electrons. The Hall–Kier alpha value is -1.95. The first-order valence-corrected chi connectivity index (χ1v) is 8.59. The zero-order valence-electron chi connectivity index (χ0n) is 14.8. The van der Waals surface area contributed by atoms with E-state index in [0.29, 0.717) is 6.42 Å². The minimum atomic E-state index is -3.10. The lowest BCUT2D eigenvalue weighted by Gasteiger charge is -2.22. The highest BCUT2D eigenvalue weighted by Gasteiger charge is 2.40. The lowest BCUT2D eigenvalue weighted by atomic mass is 10.1. The molecule has 0 aromatic carbocycles. The largest absolute Gasteiger partial charge is 0.477 e. The summed E-state index contributed by atoms with van der Waals surface area (Å²) in [6.45, 7) is 2.15. The van der Waals surface area contributed by atoms with E-state index in [1.165, 1.54) is 6.42 Å². The number of rotatable bonds is 13. The molecule has 5 nitrogen and oxygen atoms in total. The third kappa shape index (κ3) is 12.1. The molecule has 0 saturated carbocycles. The van der Waals surface area contributed by atoms with E-state index in [4.69, 9.17) is 15.3 Å². The second kappa shape index (κ2) is 14.4. The van der Waals surface area contributed by atoms with Gasteiger partial charge in [0.1, 0.15) is 6.10 Å². The number of hydrogen-bond acceptors (Lipinski definition) is 4. The summed E-state index contributed by atoms with van der Waals surface area (Å²) in [6.07, 6.45) is 22.4. The second-order valence-electron chi connectivity index (χ2n) is 5.59. The van der Waals surface area contributed by atoms with Crippen LogP contribution in [0.2, 0.25) is 0 Å². The lowest BCUT2D eigenvalue weighted by molar-refractivity contribution is -0.236. The quantitative estimate of drug-likeness (QED) is 0.232. The normalized spacial score (nSPS) is 14.7. The number of aliphatic hydroxyl groups is 3. The molecule has 1 atom stereocenters. The van der Waals surface area contributed by atoms with Crippen molar-refractivity contribution in [3.05, 3.63) is 60.8 Å². The Bertz CT molecular complexity index is 498. The van der Waals surface area contributed by atoms with Crippen LogP contribution < -0.4 is 0 Å². The van der Waals surface area contributed by atoms with Crippen LogP contribution in [0, 0.1) is 0 Å². The third-order valence-electron chi connectivity index (χ3n) is 3.33. The molecule has 5 heteroatoms. The van der Waals surface area contributed by atoms with Gasteiger partial charge in [0, 0.05) is 0 Å². The Morgan fingerprint density at radius 2 is 1.28 bits per heavy atom. The summed E-state index contributed by atoms with van der Waals surface area (Å²) in [5.74, 6) is -4.96. The second-order valence-corrected chi connectivity index (χ2v) is 5.59. The fraction of sp³-hybridized carbons (Fsp3) is 0.450. The van der Waals surface area contributed by atoms with Crippen LogP contribution in [-0.4, -0.2) is 38.3 Å². The fourth-order valence-corrected chi connectivity index (χ4v) is 1.78. The molecule has 0 fully saturated rings. The van der Waals surface area contributed by atoms with Crippen molar-refractivity contribution in [1.29, 1.82) is 0 Å². The molecule has 0 saturated heterocycles. The van der Waals surface area contributed by atoms with Gasteiger partial charge in [-0.2, -0.15) is 0 Å². The van der Waals surface area contributed by atoms with Gasteiger partial charge in [-0.3, -0.25) is 0 Å². The van der Waals surface area contributed by atoms with Gasteiger partial charge in [0.15, 0.2) is 0 Å². The smallest absolute Gasteiger partial charge is 0.366 e. The predicted octanol–water partition coefficient (Wildman–Crippen LogP) is 3.25. The van der Waals surface area contributed by atoms with Gasteiger partial charge in [0.2, 0.25) is 0 Å². The summed E-state index contributed by atoms with van der Waals surface area (Å²) >= 11 is 0. The van der Waals surface area contributed by atoms with Crippen molar-refractivity contribution >= 4 is 5.97 Å². The Morgan fingerprint density at radius 3 is 1.76 bits per heavy atom. The standard InChI is InChI=1S/C20H30O5/c1-2-3-4-5-6-7-8-9-10-11-12-13-14-15-16-17-18(21)20(24,25)19(22)23/h4-7,10-15,18,21,24-25H,2-3,8-9,16-17H2,1H3,(H,22,23)/b5-4?,7-6?,11-10?,13-12+,15-14-. The molecule has 4 N–H and O–H groups in total. The van der Waals surface area contributed by atoms with Gasteiger partial charge in [-0.15, -0.1) is 0 Å². The molecule has 0 heterocycles. The molecule has 0 aromatic rings. The van der Waals surface area contributed by atoms with E-state index >= 15 is 0 Å². The summed E-state index contributed by atoms with van der Waals surface area (Å²) in [7, 11) is 0. The molecule has 0 aromatic heterocycles. The number of carboxylic acids is 1. The molecule has 0 aliphatic heterocycles. The summed E-state index contributed by atoms with van der Waals surface area (Å²) in [4.78, 5) is 10.5. The van der Waals surface area contributed by atoms with Crippen LogP contribution in [0.15, 0.2) is 60.8 Å². The Labute approximate surface area is 150 Å². The SMILES string of the molecule is CCCC=CC=CCCC=C/C=C/C=C\CCC(O)C(O)(O)C(=O)O. The van der Waals surface area contributed by atoms with Crippen molar-refractivity contribution in [2.24, 2.45) is 0 Å². The molecule has 0 bridgehead atoms. The van der Waals surface area contributed by atoms with Gasteiger partial charge in [-0.25, -0.2) is 4.79 Å². The zero-order chi connectivity index (χ0) is 19.0. The van der Waals surface area contributed by atoms with Crippen molar-refractivity contribution < 1.29 is 25.2 Å². The number of carbonyl (C=O) groups is 1. The van der Waals surface area contributed by atoms with Crippen molar-refractivity contribution in [1.82, 2.24) is 0 Å². The van der Waals surface area contributed by atoms with Crippen molar-refractivity contribution in [3.63, 3.8) is 0 Å². The van der Waals surface area contributed by atoms with Crippen LogP contribution in [0.1, 0.15) is 45.4 Å². The van der Waals surface area contributed by atoms with E-state index in [1.807, 2.05) is 18.2 Å². The van der Waals surface area contributed by atoms with Gasteiger partial charge < -0.3 is 20.4 Å². The molecule has 0 aliphatic carbocycles. The minimum Gasteiger partial charge on any atom is -0.477 e. The van der Waals surface area contributed by atoms with E-state index in [0.717, 1.165) is 19.3 Å². The van der Waals surface area contributed by atoms with Gasteiger partial charge in [-0.05, 0) is 32.1 Å². The van der Waals surface area contributed by atoms with E-state index in [2.05, 4.69) is 37.3 Å². The van der Waals surface area contributed by atoms with Crippen LogP contribution in [-0.2, 0) is 4.79 Å². The molecule has 0 rings (SSSR count). The zero-order valence-corrected chi connectivity index (χ0v) is 14.8. The maximum Gasteiger partial charge on any atom is 0.366 e. The highest BCUT2D eigenvalue weighted by Crippen LogP contribution is 2.12. The number of allylic oxidation sites excluding steroid dienone is 10. The average molecular weight is 350 g/mol. The maximum absolute atomic E-state index is 10.5. The lowest BCUT2D eigenvalue weighted by Crippen LogP contribution is -2.49. The Morgan fingerprint density at radius 1 is 0.840 bits per heavy atom. The first kappa shape index (κ1) is 23.1. The van der Waals surface area contributed by atoms with Crippen molar-refractivity contribution in [2.45, 2.75) is 57.3 Å². The van der Waals surface area contributed by atoms with Crippen molar-refractivity contribution in [2.75, 3.05) is 0 Å². The van der Waals surface area contributed by atoms with E-state index in [-0.39, 0.29) is 6.42 Å². The first-order valence-electron chi connectivity index (χ1n) is 8.59. The molecule has 0 radical (unpaired) electrons. The van der Waals surface area contributed by atoms with E-state index < -0.39 is 17.9 Å². The van der Waals surface area contributed by atoms with Crippen molar-refractivity contribution in [3.8, 4) is 0 Å². The number of hydrogen-bond donors (Lipinski definition) is 4. The van der Waals surface area contributed by atoms with E-state index in [1.54, 1.807) is 12.2 Å². The monoisotopic (exact) mass is 350 g/mol. The summed E-state index contributed by atoms with van der Waals surface area (Å²) in [6, 6.07) is 0.